The van der Waals surface area contributed by atoms with Crippen LogP contribution in [0.2, 0.25) is 0 Å². The normalized spacial score (nSPS) is 21.1. The number of aromatic nitrogens is 1. The van der Waals surface area contributed by atoms with Crippen LogP contribution in [-0.4, -0.2) is 77.8 Å². The van der Waals surface area contributed by atoms with Crippen LogP contribution in [0.3, 0.4) is 0 Å². The van der Waals surface area contributed by atoms with Gasteiger partial charge in [0.25, 0.3) is 5.91 Å². The fourth-order valence-electron chi connectivity index (χ4n) is 5.32. The molecule has 0 aliphatic carbocycles. The van der Waals surface area contributed by atoms with Gasteiger partial charge in [-0.2, -0.15) is 0 Å². The predicted octanol–water partition coefficient (Wildman–Crippen LogP) is 3.03. The van der Waals surface area contributed by atoms with Gasteiger partial charge in [-0.05, 0) is 35.6 Å². The first-order valence-corrected chi connectivity index (χ1v) is 13.3. The van der Waals surface area contributed by atoms with E-state index >= 15 is 0 Å². The smallest absolute Gasteiger partial charge is 0.273 e. The van der Waals surface area contributed by atoms with E-state index in [2.05, 4.69) is 36.7 Å². The fraction of sp³-hybridized carbons (Fsp3) is 0.538. The molecule has 35 heavy (non-hydrogen) atoms. The van der Waals surface area contributed by atoms with E-state index in [4.69, 9.17) is 0 Å². The number of carbonyl (C=O) groups is 3. The van der Waals surface area contributed by atoms with Crippen LogP contribution in [0.25, 0.3) is 0 Å². The highest BCUT2D eigenvalue weighted by Gasteiger charge is 2.37. The van der Waals surface area contributed by atoms with Crippen molar-refractivity contribution in [2.75, 3.05) is 49.1 Å². The molecule has 1 aromatic heterocycles. The molecule has 4 heterocycles. The van der Waals surface area contributed by atoms with Crippen molar-refractivity contribution in [1.29, 1.82) is 0 Å². The van der Waals surface area contributed by atoms with Crippen molar-refractivity contribution in [1.82, 2.24) is 14.8 Å². The molecular formula is C26H33N5O3S. The van der Waals surface area contributed by atoms with Gasteiger partial charge in [-0.1, -0.05) is 20.8 Å². The zero-order valence-electron chi connectivity index (χ0n) is 20.7. The Morgan fingerprint density at radius 3 is 2.57 bits per heavy atom. The second kappa shape index (κ2) is 9.35. The lowest BCUT2D eigenvalue weighted by atomic mass is 9.91. The summed E-state index contributed by atoms with van der Waals surface area (Å²) in [5, 5.41) is 1.79. The highest BCUT2D eigenvalue weighted by Crippen LogP contribution is 2.35. The van der Waals surface area contributed by atoms with Crippen molar-refractivity contribution in [3.63, 3.8) is 0 Å². The maximum absolute atomic E-state index is 12.9. The highest BCUT2D eigenvalue weighted by molar-refractivity contribution is 7.07. The summed E-state index contributed by atoms with van der Waals surface area (Å²) in [5.41, 5.74) is 5.18. The summed E-state index contributed by atoms with van der Waals surface area (Å²) in [5.74, 6) is 0.284. The van der Waals surface area contributed by atoms with Gasteiger partial charge in [0.1, 0.15) is 5.69 Å². The van der Waals surface area contributed by atoms with E-state index in [0.717, 1.165) is 36.4 Å². The van der Waals surface area contributed by atoms with Crippen LogP contribution in [0, 0.1) is 5.41 Å². The molecule has 0 spiro atoms. The topological polar surface area (TPSA) is 77.1 Å². The third-order valence-electron chi connectivity index (χ3n) is 7.13. The first kappa shape index (κ1) is 23.9. The number of rotatable bonds is 4. The second-order valence-electron chi connectivity index (χ2n) is 10.9. The summed E-state index contributed by atoms with van der Waals surface area (Å²) in [6, 6.07) is 6.22. The Morgan fingerprint density at radius 2 is 1.89 bits per heavy atom. The maximum atomic E-state index is 12.9. The number of hydrogen-bond acceptors (Lipinski definition) is 6. The minimum atomic E-state index is -0.0453. The molecule has 0 N–H and O–H groups in total. The van der Waals surface area contributed by atoms with Gasteiger partial charge >= 0.3 is 0 Å². The maximum Gasteiger partial charge on any atom is 0.273 e. The Kier molecular flexibility index (Phi) is 6.40. The quantitative estimate of drug-likeness (QED) is 0.652. The molecule has 1 atom stereocenters. The molecule has 0 saturated carbocycles. The van der Waals surface area contributed by atoms with E-state index < -0.39 is 0 Å². The first-order chi connectivity index (χ1) is 16.7. The number of thiazole rings is 1. The molecule has 2 saturated heterocycles. The largest absolute Gasteiger partial charge is 0.335 e. The van der Waals surface area contributed by atoms with Gasteiger partial charge < -0.3 is 14.7 Å². The van der Waals surface area contributed by atoms with Gasteiger partial charge in [0.15, 0.2) is 0 Å². The summed E-state index contributed by atoms with van der Waals surface area (Å²) in [4.78, 5) is 50.4. The van der Waals surface area contributed by atoms with Gasteiger partial charge in [0, 0.05) is 74.9 Å². The van der Waals surface area contributed by atoms with Crippen molar-refractivity contribution in [3.05, 3.63) is 40.3 Å². The van der Waals surface area contributed by atoms with Crippen LogP contribution < -0.4 is 9.80 Å². The number of nitrogens with zero attached hydrogens (tertiary/aromatic N) is 5. The SMILES string of the molecule is CC(C)(C)CC(=O)N1CCc2cc(N3C[C@H](N4CCN(C(=O)c5cscn5)CC4)CC3=O)ccc21. The summed E-state index contributed by atoms with van der Waals surface area (Å²) in [6.45, 7) is 10.4. The molecule has 5 rings (SSSR count). The number of amides is 3. The average molecular weight is 496 g/mol. The molecular weight excluding hydrogens is 462 g/mol. The van der Waals surface area contributed by atoms with Crippen LogP contribution in [0.15, 0.2) is 29.1 Å². The molecule has 2 aromatic rings. The van der Waals surface area contributed by atoms with Crippen molar-refractivity contribution in [2.45, 2.75) is 46.1 Å². The Morgan fingerprint density at radius 1 is 1.11 bits per heavy atom. The molecule has 1 aromatic carbocycles. The van der Waals surface area contributed by atoms with Gasteiger partial charge in [0.05, 0.1) is 5.51 Å². The van der Waals surface area contributed by atoms with E-state index in [-0.39, 0.29) is 29.2 Å². The molecule has 0 radical (unpaired) electrons. The number of fused-ring (bicyclic) bond motifs is 1. The highest BCUT2D eigenvalue weighted by atomic mass is 32.1. The third kappa shape index (κ3) is 4.97. The lowest BCUT2D eigenvalue weighted by Gasteiger charge is -2.37. The van der Waals surface area contributed by atoms with E-state index in [9.17, 15) is 14.4 Å². The Balaban J connectivity index is 1.21. The van der Waals surface area contributed by atoms with Crippen LogP contribution in [0.1, 0.15) is 49.7 Å². The molecule has 3 aliphatic heterocycles. The summed E-state index contributed by atoms with van der Waals surface area (Å²) in [7, 11) is 0. The van der Waals surface area contributed by atoms with Crippen LogP contribution in [0.5, 0.6) is 0 Å². The summed E-state index contributed by atoms with van der Waals surface area (Å²) in [6.07, 6.45) is 1.83. The van der Waals surface area contributed by atoms with Crippen molar-refractivity contribution < 1.29 is 14.4 Å². The van der Waals surface area contributed by atoms with E-state index in [1.807, 2.05) is 26.8 Å². The van der Waals surface area contributed by atoms with Gasteiger partial charge in [-0.25, -0.2) is 4.98 Å². The van der Waals surface area contributed by atoms with Gasteiger partial charge in [-0.3, -0.25) is 19.3 Å². The number of piperazine rings is 1. The van der Waals surface area contributed by atoms with Crippen LogP contribution in [-0.2, 0) is 16.0 Å². The number of carbonyl (C=O) groups excluding carboxylic acids is 3. The first-order valence-electron chi connectivity index (χ1n) is 12.3. The molecule has 9 heteroatoms. The van der Waals surface area contributed by atoms with Gasteiger partial charge in [-0.15, -0.1) is 11.3 Å². The standard InChI is InChI=1S/C26H33N5O3S/c1-26(2,3)14-24(33)30-7-6-18-12-19(4-5-22(18)30)31-15-20(13-23(31)32)28-8-10-29(11-9-28)25(34)21-16-35-17-27-21/h4-5,12,16-17,20H,6-11,13-15H2,1-3H3/t20-/m1/s1. The van der Waals surface area contributed by atoms with Crippen molar-refractivity contribution in [3.8, 4) is 0 Å². The van der Waals surface area contributed by atoms with Gasteiger partial charge in [0.2, 0.25) is 11.8 Å². The Hall–Kier alpha value is -2.78. The average Bonchev–Trinajstić information content (AvgIpc) is 3.57. The van der Waals surface area contributed by atoms with E-state index in [1.54, 1.807) is 10.9 Å². The second-order valence-corrected chi connectivity index (χ2v) is 11.6. The molecule has 0 bridgehead atoms. The molecule has 3 amide bonds. The zero-order valence-corrected chi connectivity index (χ0v) is 21.5. The monoisotopic (exact) mass is 495 g/mol. The minimum absolute atomic E-state index is 0.0109. The molecule has 3 aliphatic rings. The van der Waals surface area contributed by atoms with E-state index in [0.29, 0.717) is 44.7 Å². The number of hydrogen-bond donors (Lipinski definition) is 0. The van der Waals surface area contributed by atoms with Crippen molar-refractivity contribution in [2.24, 2.45) is 5.41 Å². The lowest BCUT2D eigenvalue weighted by molar-refractivity contribution is -0.120. The zero-order chi connectivity index (χ0) is 24.7. The Bertz CT molecular complexity index is 1120. The van der Waals surface area contributed by atoms with Crippen LogP contribution >= 0.6 is 11.3 Å². The summed E-state index contributed by atoms with van der Waals surface area (Å²) >= 11 is 1.43. The third-order valence-corrected chi connectivity index (χ3v) is 7.71. The lowest BCUT2D eigenvalue weighted by Crippen LogP contribution is -2.52. The molecule has 186 valence electrons. The van der Waals surface area contributed by atoms with E-state index in [1.165, 1.54) is 11.3 Å². The predicted molar refractivity (Wildman–Crippen MR) is 137 cm³/mol. The van der Waals surface area contributed by atoms with Crippen LogP contribution in [0.4, 0.5) is 11.4 Å². The number of anilines is 2. The fourth-order valence-corrected chi connectivity index (χ4v) is 5.84. The Labute approximate surface area is 210 Å². The molecule has 8 nitrogen and oxygen atoms in total. The molecule has 0 unspecified atom stereocenters. The summed E-state index contributed by atoms with van der Waals surface area (Å²) < 4.78 is 0. The van der Waals surface area contributed by atoms with Crippen molar-refractivity contribution >= 4 is 40.4 Å². The number of benzene rings is 1. The minimum Gasteiger partial charge on any atom is -0.335 e. The molecule has 2 fully saturated rings.